The smallest absolute Gasteiger partial charge is 0.319 e. The van der Waals surface area contributed by atoms with Crippen molar-refractivity contribution in [3.8, 4) is 0 Å². The average molecular weight is 301 g/mol. The van der Waals surface area contributed by atoms with E-state index in [2.05, 4.69) is 5.10 Å². The van der Waals surface area contributed by atoms with Gasteiger partial charge in [0.05, 0.1) is 23.0 Å². The van der Waals surface area contributed by atoms with Gasteiger partial charge >= 0.3 is 6.18 Å². The first-order chi connectivity index (χ1) is 9.74. The van der Waals surface area contributed by atoms with Crippen LogP contribution in [0, 0.1) is 12.7 Å². The van der Waals surface area contributed by atoms with Crippen LogP contribution in [0.25, 0.3) is 0 Å². The van der Waals surface area contributed by atoms with Gasteiger partial charge < -0.3 is 5.73 Å². The molecule has 0 spiro atoms. The zero-order valence-electron chi connectivity index (χ0n) is 11.6. The Balaban J connectivity index is 2.40. The zero-order chi connectivity index (χ0) is 15.8. The number of nitrogens with zero attached hydrogens (tertiary/aromatic N) is 2. The monoisotopic (exact) mass is 301 g/mol. The number of alkyl halides is 3. The highest BCUT2D eigenvalue weighted by Gasteiger charge is 2.34. The van der Waals surface area contributed by atoms with E-state index in [4.69, 9.17) is 5.73 Å². The van der Waals surface area contributed by atoms with E-state index in [1.165, 1.54) is 6.07 Å². The molecule has 0 aliphatic heterocycles. The van der Waals surface area contributed by atoms with Crippen LogP contribution in [-0.2, 0) is 12.7 Å². The lowest BCUT2D eigenvalue weighted by Gasteiger charge is -2.15. The van der Waals surface area contributed by atoms with Gasteiger partial charge in [-0.05, 0) is 37.6 Å². The normalized spacial score (nSPS) is 13.5. The molecular weight excluding hydrogens is 286 g/mol. The molecule has 2 rings (SSSR count). The van der Waals surface area contributed by atoms with Crippen molar-refractivity contribution >= 4 is 0 Å². The fourth-order valence-corrected chi connectivity index (χ4v) is 2.19. The lowest BCUT2D eigenvalue weighted by Crippen LogP contribution is -2.18. The zero-order valence-corrected chi connectivity index (χ0v) is 11.6. The van der Waals surface area contributed by atoms with E-state index in [1.807, 2.05) is 6.92 Å². The van der Waals surface area contributed by atoms with Gasteiger partial charge in [-0.2, -0.15) is 18.3 Å². The molecule has 0 saturated carbocycles. The van der Waals surface area contributed by atoms with Crippen LogP contribution in [0.3, 0.4) is 0 Å². The summed E-state index contributed by atoms with van der Waals surface area (Å²) in [6.45, 7) is 4.23. The molecule has 0 aliphatic carbocycles. The third-order valence-corrected chi connectivity index (χ3v) is 3.21. The molecule has 0 saturated heterocycles. The summed E-state index contributed by atoms with van der Waals surface area (Å²) in [4.78, 5) is 0. The Morgan fingerprint density at radius 3 is 2.48 bits per heavy atom. The first-order valence-corrected chi connectivity index (χ1v) is 6.40. The van der Waals surface area contributed by atoms with Gasteiger partial charge in [0.2, 0.25) is 0 Å². The van der Waals surface area contributed by atoms with Crippen molar-refractivity contribution in [2.24, 2.45) is 5.73 Å². The molecule has 0 aliphatic rings. The Morgan fingerprint density at radius 2 is 1.95 bits per heavy atom. The topological polar surface area (TPSA) is 43.8 Å². The molecule has 1 aromatic heterocycles. The number of halogens is 4. The van der Waals surface area contributed by atoms with Crippen molar-refractivity contribution in [1.29, 1.82) is 0 Å². The molecule has 2 N–H and O–H groups in total. The van der Waals surface area contributed by atoms with Crippen LogP contribution in [-0.4, -0.2) is 9.78 Å². The largest absolute Gasteiger partial charge is 0.419 e. The predicted octanol–water partition coefficient (Wildman–Crippen LogP) is 3.42. The summed E-state index contributed by atoms with van der Waals surface area (Å²) in [5.74, 6) is -1.32. The van der Waals surface area contributed by atoms with Crippen LogP contribution < -0.4 is 5.73 Å². The summed E-state index contributed by atoms with van der Waals surface area (Å²) in [5.41, 5.74) is 6.38. The summed E-state index contributed by atoms with van der Waals surface area (Å²) in [5, 5.41) is 4.22. The van der Waals surface area contributed by atoms with E-state index in [1.54, 1.807) is 17.7 Å². The molecule has 1 atom stereocenters. The fraction of sp³-hybridized carbons (Fsp3) is 0.357. The first kappa shape index (κ1) is 15.5. The molecule has 3 nitrogen and oxygen atoms in total. The van der Waals surface area contributed by atoms with E-state index >= 15 is 0 Å². The fourth-order valence-electron chi connectivity index (χ4n) is 2.19. The second-order valence-electron chi connectivity index (χ2n) is 4.74. The molecule has 1 unspecified atom stereocenters. The van der Waals surface area contributed by atoms with Crippen LogP contribution >= 0.6 is 0 Å². The molecular formula is C14H15F4N3. The number of hydrogen-bond donors (Lipinski definition) is 1. The third-order valence-electron chi connectivity index (χ3n) is 3.21. The maximum Gasteiger partial charge on any atom is 0.419 e. The molecule has 21 heavy (non-hydrogen) atoms. The van der Waals surface area contributed by atoms with Gasteiger partial charge in [-0.1, -0.05) is 6.07 Å². The SMILES string of the molecule is CCn1nc(C)cc1C(N)c1ccc(C(F)(F)F)c(F)c1. The minimum Gasteiger partial charge on any atom is -0.319 e. The summed E-state index contributed by atoms with van der Waals surface area (Å²) >= 11 is 0. The van der Waals surface area contributed by atoms with Gasteiger partial charge in [0.1, 0.15) is 5.82 Å². The van der Waals surface area contributed by atoms with Crippen molar-refractivity contribution in [3.05, 3.63) is 52.6 Å². The number of rotatable bonds is 3. The average Bonchev–Trinajstić information content (AvgIpc) is 2.77. The van der Waals surface area contributed by atoms with Gasteiger partial charge in [-0.15, -0.1) is 0 Å². The van der Waals surface area contributed by atoms with Crippen LogP contribution in [0.1, 0.15) is 35.5 Å². The first-order valence-electron chi connectivity index (χ1n) is 6.40. The summed E-state index contributed by atoms with van der Waals surface area (Å²) in [6.07, 6.45) is -4.71. The third kappa shape index (κ3) is 3.07. The van der Waals surface area contributed by atoms with Crippen molar-refractivity contribution in [2.75, 3.05) is 0 Å². The molecule has 1 aromatic carbocycles. The summed E-state index contributed by atoms with van der Waals surface area (Å²) < 4.78 is 52.9. The number of nitrogens with two attached hydrogens (primary N) is 1. The van der Waals surface area contributed by atoms with Gasteiger partial charge in [0, 0.05) is 6.54 Å². The molecule has 0 fully saturated rings. The Kier molecular flexibility index (Phi) is 4.04. The predicted molar refractivity (Wildman–Crippen MR) is 70.1 cm³/mol. The molecule has 0 bridgehead atoms. The molecule has 114 valence electrons. The number of hydrogen-bond acceptors (Lipinski definition) is 2. The second-order valence-corrected chi connectivity index (χ2v) is 4.74. The quantitative estimate of drug-likeness (QED) is 0.883. The van der Waals surface area contributed by atoms with Gasteiger partial charge in [0.25, 0.3) is 0 Å². The number of aryl methyl sites for hydroxylation is 2. The van der Waals surface area contributed by atoms with Crippen LogP contribution in [0.15, 0.2) is 24.3 Å². The summed E-state index contributed by atoms with van der Waals surface area (Å²) in [6, 6.07) is 3.74. The van der Waals surface area contributed by atoms with Crippen LogP contribution in [0.4, 0.5) is 17.6 Å². The van der Waals surface area contributed by atoms with Crippen molar-refractivity contribution in [1.82, 2.24) is 9.78 Å². The Hall–Kier alpha value is -1.89. The van der Waals surface area contributed by atoms with E-state index in [0.717, 1.165) is 11.8 Å². The minimum absolute atomic E-state index is 0.273. The van der Waals surface area contributed by atoms with Crippen LogP contribution in [0.5, 0.6) is 0 Å². The van der Waals surface area contributed by atoms with Crippen molar-refractivity contribution in [3.63, 3.8) is 0 Å². The van der Waals surface area contributed by atoms with Gasteiger partial charge in [-0.3, -0.25) is 4.68 Å². The second kappa shape index (κ2) is 5.48. The Labute approximate surface area is 119 Å². The van der Waals surface area contributed by atoms with E-state index in [9.17, 15) is 17.6 Å². The van der Waals surface area contributed by atoms with E-state index in [0.29, 0.717) is 18.3 Å². The molecule has 1 heterocycles. The highest BCUT2D eigenvalue weighted by atomic mass is 19.4. The Morgan fingerprint density at radius 1 is 1.29 bits per heavy atom. The number of aromatic nitrogens is 2. The van der Waals surface area contributed by atoms with Crippen molar-refractivity contribution < 1.29 is 17.6 Å². The molecule has 0 amide bonds. The lowest BCUT2D eigenvalue weighted by atomic mass is 10.0. The number of benzene rings is 1. The maximum atomic E-state index is 13.6. The molecule has 2 aromatic rings. The van der Waals surface area contributed by atoms with Gasteiger partial charge in [0.15, 0.2) is 0 Å². The maximum absolute atomic E-state index is 13.6. The van der Waals surface area contributed by atoms with Gasteiger partial charge in [-0.25, -0.2) is 4.39 Å². The highest BCUT2D eigenvalue weighted by molar-refractivity contribution is 5.33. The minimum atomic E-state index is -4.71. The van der Waals surface area contributed by atoms with Crippen molar-refractivity contribution in [2.45, 2.75) is 32.6 Å². The molecule has 7 heteroatoms. The standard InChI is InChI=1S/C14H15F4N3/c1-3-21-12(6-8(2)20-21)13(19)9-4-5-10(11(15)7-9)14(16,17)18/h4-7,13H,3,19H2,1-2H3. The highest BCUT2D eigenvalue weighted by Crippen LogP contribution is 2.33. The van der Waals surface area contributed by atoms with E-state index < -0.39 is 23.6 Å². The Bertz CT molecular complexity index is 646. The van der Waals surface area contributed by atoms with E-state index in [-0.39, 0.29) is 5.56 Å². The summed E-state index contributed by atoms with van der Waals surface area (Å²) in [7, 11) is 0. The van der Waals surface area contributed by atoms with Crippen LogP contribution in [0.2, 0.25) is 0 Å². The molecule has 0 radical (unpaired) electrons. The lowest BCUT2D eigenvalue weighted by molar-refractivity contribution is -0.140.